The van der Waals surface area contributed by atoms with Crippen LogP contribution in [0.4, 0.5) is 26.3 Å². The molecule has 3 rings (SSSR count). The van der Waals surface area contributed by atoms with E-state index in [-0.39, 0.29) is 24.2 Å². The SMILES string of the molecule is O=C(O)CC1CCCc2cc(Oc3ccc(C(F)(F)F)cc3C(F)(F)F)ccc21. The minimum Gasteiger partial charge on any atom is -0.481 e. The van der Waals surface area contributed by atoms with Gasteiger partial charge >= 0.3 is 18.3 Å². The summed E-state index contributed by atoms with van der Waals surface area (Å²) in [6.07, 6.45) is -7.97. The Morgan fingerprint density at radius 2 is 1.76 bits per heavy atom. The summed E-state index contributed by atoms with van der Waals surface area (Å²) in [6.45, 7) is 0. The molecule has 1 N–H and O–H groups in total. The Kier molecular flexibility index (Phi) is 5.51. The van der Waals surface area contributed by atoms with Crippen LogP contribution < -0.4 is 4.74 Å². The van der Waals surface area contributed by atoms with Gasteiger partial charge in [-0.1, -0.05) is 6.07 Å². The lowest BCUT2D eigenvalue weighted by molar-refractivity contribution is -0.143. The third-order valence-electron chi connectivity index (χ3n) is 4.81. The summed E-state index contributed by atoms with van der Waals surface area (Å²) in [7, 11) is 0. The number of aryl methyl sites for hydroxylation is 1. The van der Waals surface area contributed by atoms with Gasteiger partial charge < -0.3 is 9.84 Å². The minimum atomic E-state index is -5.03. The highest BCUT2D eigenvalue weighted by molar-refractivity contribution is 5.68. The molecular weight excluding hydrogens is 402 g/mol. The smallest absolute Gasteiger partial charge is 0.420 e. The van der Waals surface area contributed by atoms with E-state index >= 15 is 0 Å². The van der Waals surface area contributed by atoms with E-state index in [4.69, 9.17) is 9.84 Å². The van der Waals surface area contributed by atoms with Crippen molar-refractivity contribution in [3.63, 3.8) is 0 Å². The topological polar surface area (TPSA) is 46.5 Å². The van der Waals surface area contributed by atoms with Gasteiger partial charge in [-0.05, 0) is 66.6 Å². The van der Waals surface area contributed by atoms with E-state index in [9.17, 15) is 31.1 Å². The molecule has 0 spiro atoms. The first-order valence-electron chi connectivity index (χ1n) is 8.76. The number of rotatable bonds is 4. The van der Waals surface area contributed by atoms with Gasteiger partial charge in [-0.15, -0.1) is 0 Å². The Labute approximate surface area is 161 Å². The molecule has 3 nitrogen and oxygen atoms in total. The molecule has 2 aromatic carbocycles. The van der Waals surface area contributed by atoms with Gasteiger partial charge in [0.1, 0.15) is 11.5 Å². The van der Waals surface area contributed by atoms with Crippen LogP contribution in [0.15, 0.2) is 36.4 Å². The first kappa shape index (κ1) is 21.0. The molecular formula is C20H16F6O3. The van der Waals surface area contributed by atoms with Crippen molar-refractivity contribution in [1.82, 2.24) is 0 Å². The summed E-state index contributed by atoms with van der Waals surface area (Å²) in [4.78, 5) is 11.0. The van der Waals surface area contributed by atoms with Crippen molar-refractivity contribution in [2.45, 2.75) is 44.0 Å². The van der Waals surface area contributed by atoms with Crippen molar-refractivity contribution in [3.05, 3.63) is 58.7 Å². The zero-order chi connectivity index (χ0) is 21.4. The molecule has 0 radical (unpaired) electrons. The van der Waals surface area contributed by atoms with E-state index in [0.717, 1.165) is 17.5 Å². The van der Waals surface area contributed by atoms with Crippen LogP contribution in [0.1, 0.15) is 47.4 Å². The van der Waals surface area contributed by atoms with Gasteiger partial charge in [0.05, 0.1) is 17.5 Å². The molecule has 1 aliphatic carbocycles. The first-order valence-corrected chi connectivity index (χ1v) is 8.76. The maximum Gasteiger partial charge on any atom is 0.420 e. The summed E-state index contributed by atoms with van der Waals surface area (Å²) < 4.78 is 83.4. The summed E-state index contributed by atoms with van der Waals surface area (Å²) in [5.41, 5.74) is -1.37. The van der Waals surface area contributed by atoms with Crippen LogP contribution >= 0.6 is 0 Å². The molecule has 0 heterocycles. The molecule has 156 valence electrons. The molecule has 0 saturated carbocycles. The number of hydrogen-bond acceptors (Lipinski definition) is 2. The van der Waals surface area contributed by atoms with Crippen LogP contribution in [0.5, 0.6) is 11.5 Å². The highest BCUT2D eigenvalue weighted by Crippen LogP contribution is 2.43. The largest absolute Gasteiger partial charge is 0.481 e. The van der Waals surface area contributed by atoms with E-state index in [1.807, 2.05) is 0 Å². The number of fused-ring (bicyclic) bond motifs is 1. The van der Waals surface area contributed by atoms with E-state index in [1.54, 1.807) is 6.07 Å². The van der Waals surface area contributed by atoms with Crippen molar-refractivity contribution in [2.75, 3.05) is 0 Å². The summed E-state index contributed by atoms with van der Waals surface area (Å²) in [5.74, 6) is -1.82. The van der Waals surface area contributed by atoms with Crippen molar-refractivity contribution >= 4 is 5.97 Å². The van der Waals surface area contributed by atoms with E-state index in [1.165, 1.54) is 12.1 Å². The molecule has 1 atom stereocenters. The van der Waals surface area contributed by atoms with E-state index < -0.39 is 35.2 Å². The number of aliphatic carboxylic acids is 1. The fourth-order valence-electron chi connectivity index (χ4n) is 3.52. The fourth-order valence-corrected chi connectivity index (χ4v) is 3.52. The van der Waals surface area contributed by atoms with Crippen LogP contribution in [-0.4, -0.2) is 11.1 Å². The second-order valence-electron chi connectivity index (χ2n) is 6.86. The molecule has 0 amide bonds. The third-order valence-corrected chi connectivity index (χ3v) is 4.81. The number of benzene rings is 2. The van der Waals surface area contributed by atoms with Crippen LogP contribution in [0.2, 0.25) is 0 Å². The van der Waals surface area contributed by atoms with Crippen molar-refractivity contribution in [2.24, 2.45) is 0 Å². The van der Waals surface area contributed by atoms with E-state index in [2.05, 4.69) is 0 Å². The predicted octanol–water partition coefficient (Wildman–Crippen LogP) is 6.41. The Hall–Kier alpha value is -2.71. The number of hydrogen-bond donors (Lipinski definition) is 1. The second-order valence-corrected chi connectivity index (χ2v) is 6.86. The van der Waals surface area contributed by atoms with Crippen molar-refractivity contribution < 1.29 is 41.0 Å². The molecule has 0 saturated heterocycles. The Morgan fingerprint density at radius 1 is 1.03 bits per heavy atom. The Morgan fingerprint density at radius 3 is 2.38 bits per heavy atom. The van der Waals surface area contributed by atoms with Gasteiger partial charge in [0.2, 0.25) is 0 Å². The van der Waals surface area contributed by atoms with Gasteiger partial charge in [0.15, 0.2) is 0 Å². The molecule has 1 aliphatic rings. The molecule has 0 aromatic heterocycles. The number of alkyl halides is 6. The Bertz CT molecular complexity index is 917. The molecule has 2 aromatic rings. The molecule has 0 bridgehead atoms. The van der Waals surface area contributed by atoms with Crippen LogP contribution in [-0.2, 0) is 23.6 Å². The van der Waals surface area contributed by atoms with Crippen molar-refractivity contribution in [3.8, 4) is 11.5 Å². The highest BCUT2D eigenvalue weighted by Gasteiger charge is 2.39. The number of halogens is 6. The van der Waals surface area contributed by atoms with Gasteiger partial charge in [0, 0.05) is 0 Å². The van der Waals surface area contributed by atoms with E-state index in [0.29, 0.717) is 25.0 Å². The lowest BCUT2D eigenvalue weighted by Crippen LogP contribution is -2.14. The quantitative estimate of drug-likeness (QED) is 0.584. The molecule has 0 fully saturated rings. The molecule has 9 heteroatoms. The standard InChI is InChI=1S/C20H16F6O3/c21-19(22,23)13-4-7-17(16(10-13)20(24,25)26)29-14-5-6-15-11(8-14)2-1-3-12(15)9-18(27)28/h4-8,10,12H,1-3,9H2,(H,27,28). The molecule has 0 aliphatic heterocycles. The third kappa shape index (κ3) is 4.83. The first-order chi connectivity index (χ1) is 13.4. The average molecular weight is 418 g/mol. The van der Waals surface area contributed by atoms with Crippen LogP contribution in [0, 0.1) is 0 Å². The summed E-state index contributed by atoms with van der Waals surface area (Å²) in [5, 5.41) is 9.02. The zero-order valence-electron chi connectivity index (χ0n) is 14.9. The second kappa shape index (κ2) is 7.61. The summed E-state index contributed by atoms with van der Waals surface area (Å²) in [6, 6.07) is 5.73. The van der Waals surface area contributed by atoms with Gasteiger partial charge in [-0.25, -0.2) is 0 Å². The molecule has 29 heavy (non-hydrogen) atoms. The van der Waals surface area contributed by atoms with Crippen LogP contribution in [0.3, 0.4) is 0 Å². The average Bonchev–Trinajstić information content (AvgIpc) is 2.60. The minimum absolute atomic E-state index is 0.0244. The predicted molar refractivity (Wildman–Crippen MR) is 90.9 cm³/mol. The maximum absolute atomic E-state index is 13.3. The van der Waals surface area contributed by atoms with Crippen molar-refractivity contribution in [1.29, 1.82) is 0 Å². The number of ether oxygens (including phenoxy) is 1. The van der Waals surface area contributed by atoms with Crippen LogP contribution in [0.25, 0.3) is 0 Å². The maximum atomic E-state index is 13.3. The number of carboxylic acid groups (broad SMARTS) is 1. The zero-order valence-corrected chi connectivity index (χ0v) is 14.9. The fraction of sp³-hybridized carbons (Fsp3) is 0.350. The Balaban J connectivity index is 1.93. The molecule has 1 unspecified atom stereocenters. The lowest BCUT2D eigenvalue weighted by Gasteiger charge is -2.25. The van der Waals surface area contributed by atoms with Gasteiger partial charge in [0.25, 0.3) is 0 Å². The number of carboxylic acids is 1. The van der Waals surface area contributed by atoms with Gasteiger partial charge in [-0.3, -0.25) is 4.79 Å². The highest BCUT2D eigenvalue weighted by atomic mass is 19.4. The normalized spacial score (nSPS) is 17.0. The monoisotopic (exact) mass is 418 g/mol. The summed E-state index contributed by atoms with van der Waals surface area (Å²) >= 11 is 0. The lowest BCUT2D eigenvalue weighted by atomic mass is 9.81. The van der Waals surface area contributed by atoms with Gasteiger partial charge in [-0.2, -0.15) is 26.3 Å². The number of carbonyl (C=O) groups is 1.